The van der Waals surface area contributed by atoms with E-state index in [1.807, 2.05) is 78.9 Å². The number of primary amides is 1. The predicted octanol–water partition coefficient (Wildman–Crippen LogP) is 6.58. The van der Waals surface area contributed by atoms with E-state index in [0.29, 0.717) is 18.7 Å². The summed E-state index contributed by atoms with van der Waals surface area (Å²) in [7, 11) is 0. The number of hydrogen-bond donors (Lipinski definition) is 1. The second-order valence-corrected chi connectivity index (χ2v) is 8.66. The first kappa shape index (κ1) is 21.7. The van der Waals surface area contributed by atoms with Crippen LogP contribution in [-0.2, 0) is 13.2 Å². The Kier molecular flexibility index (Phi) is 5.51. The van der Waals surface area contributed by atoms with Crippen molar-refractivity contribution in [1.29, 1.82) is 0 Å². The standard InChI is InChI=1S/C31H23N2O3/c32-31(34)25-11-6-12-26-30(25)24-16-15-22(28-14-7-17-35-28)18-27(24)33(26)19-23-10-4-5-13-29(23)36-20-21-8-2-1-3-9-21/h1-15,17-18H,19-20H2,(H2,32,34). The van der Waals surface area contributed by atoms with Crippen LogP contribution in [0.5, 0.6) is 5.75 Å². The molecule has 0 fully saturated rings. The third kappa shape index (κ3) is 3.91. The summed E-state index contributed by atoms with van der Waals surface area (Å²) < 4.78 is 14.0. The van der Waals surface area contributed by atoms with E-state index >= 15 is 0 Å². The van der Waals surface area contributed by atoms with Crippen LogP contribution >= 0.6 is 0 Å². The molecule has 0 saturated carbocycles. The van der Waals surface area contributed by atoms with Gasteiger partial charge >= 0.3 is 0 Å². The van der Waals surface area contributed by atoms with Crippen LogP contribution in [0, 0.1) is 6.07 Å². The Morgan fingerprint density at radius 2 is 1.75 bits per heavy atom. The molecule has 5 heteroatoms. The van der Waals surface area contributed by atoms with E-state index in [4.69, 9.17) is 14.9 Å². The van der Waals surface area contributed by atoms with E-state index < -0.39 is 5.91 Å². The second-order valence-electron chi connectivity index (χ2n) is 8.66. The van der Waals surface area contributed by atoms with Crippen LogP contribution in [0.25, 0.3) is 33.1 Å². The Morgan fingerprint density at radius 3 is 2.56 bits per heavy atom. The van der Waals surface area contributed by atoms with Crippen molar-refractivity contribution in [2.45, 2.75) is 13.2 Å². The molecule has 36 heavy (non-hydrogen) atoms. The molecule has 5 nitrogen and oxygen atoms in total. The summed E-state index contributed by atoms with van der Waals surface area (Å²) >= 11 is 0. The van der Waals surface area contributed by atoms with Gasteiger partial charge in [0, 0.05) is 27.5 Å². The fraction of sp³-hybridized carbons (Fsp3) is 0.0645. The molecule has 6 rings (SSSR count). The van der Waals surface area contributed by atoms with Crippen LogP contribution < -0.4 is 10.5 Å². The predicted molar refractivity (Wildman–Crippen MR) is 141 cm³/mol. The van der Waals surface area contributed by atoms with E-state index in [2.05, 4.69) is 22.8 Å². The highest BCUT2D eigenvalue weighted by molar-refractivity contribution is 6.18. The van der Waals surface area contributed by atoms with E-state index in [1.54, 1.807) is 12.3 Å². The fourth-order valence-corrected chi connectivity index (χ4v) is 4.70. The Balaban J connectivity index is 1.49. The van der Waals surface area contributed by atoms with Crippen LogP contribution in [0.2, 0.25) is 0 Å². The minimum absolute atomic E-state index is 0.463. The molecule has 0 bridgehead atoms. The van der Waals surface area contributed by atoms with Crippen molar-refractivity contribution in [2.75, 3.05) is 0 Å². The van der Waals surface area contributed by atoms with Gasteiger partial charge < -0.3 is 19.5 Å². The molecule has 6 aromatic rings. The average Bonchev–Trinajstić information content (AvgIpc) is 3.56. The lowest BCUT2D eigenvalue weighted by Gasteiger charge is -2.14. The molecule has 0 aliphatic heterocycles. The number of carbonyl (C=O) groups excluding carboxylic acids is 1. The number of para-hydroxylation sites is 1. The lowest BCUT2D eigenvalue weighted by molar-refractivity contribution is 0.100. The number of aromatic nitrogens is 1. The average molecular weight is 472 g/mol. The third-order valence-corrected chi connectivity index (χ3v) is 6.40. The molecule has 0 aliphatic rings. The first-order valence-corrected chi connectivity index (χ1v) is 11.7. The molecule has 0 atom stereocenters. The number of ether oxygens (including phenoxy) is 1. The zero-order valence-corrected chi connectivity index (χ0v) is 19.5. The van der Waals surface area contributed by atoms with E-state index in [-0.39, 0.29) is 0 Å². The summed E-state index contributed by atoms with van der Waals surface area (Å²) in [6.45, 7) is 1.02. The molecule has 0 saturated heterocycles. The molecular formula is C31H23N2O3. The van der Waals surface area contributed by atoms with Crippen LogP contribution in [0.15, 0.2) is 108 Å². The van der Waals surface area contributed by atoms with Gasteiger partial charge in [-0.3, -0.25) is 4.79 Å². The van der Waals surface area contributed by atoms with Crippen molar-refractivity contribution in [2.24, 2.45) is 5.73 Å². The van der Waals surface area contributed by atoms with Crippen LogP contribution in [-0.4, -0.2) is 10.5 Å². The molecular weight excluding hydrogens is 448 g/mol. The lowest BCUT2D eigenvalue weighted by atomic mass is 10.0. The lowest BCUT2D eigenvalue weighted by Crippen LogP contribution is -2.11. The van der Waals surface area contributed by atoms with Gasteiger partial charge in [-0.1, -0.05) is 54.6 Å². The maximum Gasteiger partial charge on any atom is 0.249 e. The first-order valence-electron chi connectivity index (χ1n) is 11.7. The van der Waals surface area contributed by atoms with E-state index in [9.17, 15) is 4.79 Å². The highest BCUT2D eigenvalue weighted by atomic mass is 16.5. The van der Waals surface area contributed by atoms with E-state index in [0.717, 1.165) is 50.0 Å². The molecule has 4 aromatic carbocycles. The minimum Gasteiger partial charge on any atom is -0.489 e. The van der Waals surface area contributed by atoms with Gasteiger partial charge in [-0.05, 0) is 54.1 Å². The summed E-state index contributed by atoms with van der Waals surface area (Å²) in [5, 5.41) is 1.64. The summed E-state index contributed by atoms with van der Waals surface area (Å²) in [5.74, 6) is 1.11. The van der Waals surface area contributed by atoms with Gasteiger partial charge in [0.1, 0.15) is 18.1 Å². The molecule has 2 N–H and O–H groups in total. The Morgan fingerprint density at radius 1 is 0.917 bits per heavy atom. The van der Waals surface area contributed by atoms with Gasteiger partial charge in [-0.15, -0.1) is 0 Å². The number of nitrogens with zero attached hydrogens (tertiary/aromatic N) is 1. The number of carbonyl (C=O) groups is 1. The van der Waals surface area contributed by atoms with Crippen LogP contribution in [0.4, 0.5) is 0 Å². The first-order chi connectivity index (χ1) is 17.7. The van der Waals surface area contributed by atoms with Crippen molar-refractivity contribution in [3.63, 3.8) is 0 Å². The van der Waals surface area contributed by atoms with Crippen molar-refractivity contribution in [3.05, 3.63) is 126 Å². The van der Waals surface area contributed by atoms with Crippen molar-refractivity contribution >= 4 is 27.7 Å². The van der Waals surface area contributed by atoms with Crippen molar-refractivity contribution < 1.29 is 13.9 Å². The van der Waals surface area contributed by atoms with Crippen LogP contribution in [0.3, 0.4) is 0 Å². The smallest absolute Gasteiger partial charge is 0.249 e. The Labute approximate surface area is 208 Å². The maximum atomic E-state index is 12.3. The molecule has 1 amide bonds. The third-order valence-electron chi connectivity index (χ3n) is 6.40. The zero-order chi connectivity index (χ0) is 24.5. The fourth-order valence-electron chi connectivity index (χ4n) is 4.70. The summed E-state index contributed by atoms with van der Waals surface area (Å²) in [4.78, 5) is 12.3. The Hall–Kier alpha value is -4.77. The number of rotatable bonds is 7. The number of furan rings is 1. The number of amides is 1. The maximum absolute atomic E-state index is 12.3. The normalized spacial score (nSPS) is 11.2. The number of fused-ring (bicyclic) bond motifs is 3. The van der Waals surface area contributed by atoms with Crippen molar-refractivity contribution in [1.82, 2.24) is 4.57 Å². The second kappa shape index (κ2) is 9.12. The molecule has 0 unspecified atom stereocenters. The molecule has 175 valence electrons. The molecule has 1 radical (unpaired) electrons. The molecule has 0 spiro atoms. The largest absolute Gasteiger partial charge is 0.489 e. The quantitative estimate of drug-likeness (QED) is 0.286. The zero-order valence-electron chi connectivity index (χ0n) is 19.5. The van der Waals surface area contributed by atoms with Crippen LogP contribution in [0.1, 0.15) is 21.5 Å². The number of nitrogens with two attached hydrogens (primary N) is 1. The van der Waals surface area contributed by atoms with E-state index in [1.165, 1.54) is 0 Å². The van der Waals surface area contributed by atoms with Crippen molar-refractivity contribution in [3.8, 4) is 17.1 Å². The minimum atomic E-state index is -0.463. The highest BCUT2D eigenvalue weighted by Gasteiger charge is 2.19. The summed E-state index contributed by atoms with van der Waals surface area (Å²) in [5.41, 5.74) is 11.1. The SMILES string of the molecule is NC(=O)c1cccc2c1c1[c]cc(-c3ccco3)cc1n2Cc1ccccc1OCc1ccccc1. The molecule has 2 aromatic heterocycles. The van der Waals surface area contributed by atoms with Gasteiger partial charge in [-0.2, -0.15) is 0 Å². The summed E-state index contributed by atoms with van der Waals surface area (Å²) in [6.07, 6.45) is 1.65. The number of hydrogen-bond acceptors (Lipinski definition) is 3. The summed E-state index contributed by atoms with van der Waals surface area (Å²) in [6, 6.07) is 34.9. The molecule has 2 heterocycles. The van der Waals surface area contributed by atoms with Gasteiger partial charge in [-0.25, -0.2) is 0 Å². The molecule has 0 aliphatic carbocycles. The van der Waals surface area contributed by atoms with Gasteiger partial charge in [0.15, 0.2) is 0 Å². The van der Waals surface area contributed by atoms with Gasteiger partial charge in [0.25, 0.3) is 0 Å². The topological polar surface area (TPSA) is 70.4 Å². The number of benzene rings is 4. The highest BCUT2D eigenvalue weighted by Crippen LogP contribution is 2.35. The monoisotopic (exact) mass is 471 g/mol. The van der Waals surface area contributed by atoms with Gasteiger partial charge in [0.2, 0.25) is 5.91 Å². The Bertz CT molecular complexity index is 1680. The van der Waals surface area contributed by atoms with Gasteiger partial charge in [0.05, 0.1) is 23.8 Å².